The average molecular weight is 302 g/mol. The van der Waals surface area contributed by atoms with Gasteiger partial charge in [0.25, 0.3) is 0 Å². The van der Waals surface area contributed by atoms with Gasteiger partial charge >= 0.3 is 6.09 Å². The van der Waals surface area contributed by atoms with Crippen molar-refractivity contribution in [2.75, 3.05) is 0 Å². The number of benzene rings is 2. The summed E-state index contributed by atoms with van der Waals surface area (Å²) in [6.07, 6.45) is -0.900. The fourth-order valence-electron chi connectivity index (χ4n) is 1.70. The van der Waals surface area contributed by atoms with E-state index in [1.807, 2.05) is 0 Å². The largest absolute Gasteiger partial charge is 0.410 e. The SMILES string of the molecule is NC(=O)Oc1ccccc1C#Cc1cc(Cl)ccc1CO. The Morgan fingerprint density at radius 1 is 1.19 bits per heavy atom. The summed E-state index contributed by atoms with van der Waals surface area (Å²) < 4.78 is 4.87. The molecule has 0 radical (unpaired) electrons. The van der Waals surface area contributed by atoms with Crippen LogP contribution in [0.3, 0.4) is 0 Å². The van der Waals surface area contributed by atoms with Crippen molar-refractivity contribution in [1.82, 2.24) is 0 Å². The Bertz CT molecular complexity index is 732. The summed E-state index contributed by atoms with van der Waals surface area (Å²) in [5.41, 5.74) is 6.80. The highest BCUT2D eigenvalue weighted by atomic mass is 35.5. The van der Waals surface area contributed by atoms with Crippen LogP contribution in [-0.4, -0.2) is 11.2 Å². The molecule has 3 N–H and O–H groups in total. The number of ether oxygens (including phenoxy) is 1. The molecule has 0 saturated carbocycles. The minimum absolute atomic E-state index is 0.138. The van der Waals surface area contributed by atoms with Gasteiger partial charge < -0.3 is 15.6 Å². The van der Waals surface area contributed by atoms with Gasteiger partial charge in [0.1, 0.15) is 5.75 Å². The second kappa shape index (κ2) is 6.80. The zero-order chi connectivity index (χ0) is 15.2. The van der Waals surface area contributed by atoms with Crippen LogP contribution >= 0.6 is 11.6 Å². The minimum Gasteiger partial charge on any atom is -0.409 e. The second-order valence-corrected chi connectivity index (χ2v) is 4.56. The Hall–Kier alpha value is -2.48. The molecule has 0 aliphatic heterocycles. The maximum Gasteiger partial charge on any atom is 0.410 e. The van der Waals surface area contributed by atoms with Gasteiger partial charge in [-0.2, -0.15) is 0 Å². The van der Waals surface area contributed by atoms with Gasteiger partial charge in [-0.25, -0.2) is 4.79 Å². The van der Waals surface area contributed by atoms with E-state index in [4.69, 9.17) is 22.1 Å². The summed E-state index contributed by atoms with van der Waals surface area (Å²) in [7, 11) is 0. The highest BCUT2D eigenvalue weighted by Crippen LogP contribution is 2.18. The molecule has 0 fully saturated rings. The molecule has 4 nitrogen and oxygen atoms in total. The number of halogens is 1. The molecule has 2 aromatic carbocycles. The molecular weight excluding hydrogens is 290 g/mol. The fraction of sp³-hybridized carbons (Fsp3) is 0.0625. The van der Waals surface area contributed by atoms with E-state index >= 15 is 0 Å². The Labute approximate surface area is 127 Å². The first-order chi connectivity index (χ1) is 10.1. The number of rotatable bonds is 2. The Kier molecular flexibility index (Phi) is 4.83. The summed E-state index contributed by atoms with van der Waals surface area (Å²) >= 11 is 5.92. The Balaban J connectivity index is 2.40. The Morgan fingerprint density at radius 3 is 2.62 bits per heavy atom. The van der Waals surface area contributed by atoms with Gasteiger partial charge in [0.05, 0.1) is 12.2 Å². The molecule has 0 bridgehead atoms. The number of aliphatic hydroxyl groups is 1. The number of hydrogen-bond acceptors (Lipinski definition) is 3. The fourth-order valence-corrected chi connectivity index (χ4v) is 1.88. The standard InChI is InChI=1S/C16H12ClNO3/c17-14-8-7-13(10-19)12(9-14)6-5-11-3-1-2-4-15(11)21-16(18)20/h1-4,7-9,19H,10H2,(H2,18,20). The lowest BCUT2D eigenvalue weighted by Gasteiger charge is -2.03. The molecule has 106 valence electrons. The zero-order valence-electron chi connectivity index (χ0n) is 11.0. The molecule has 0 aliphatic carbocycles. The van der Waals surface area contributed by atoms with Crippen molar-refractivity contribution in [2.24, 2.45) is 5.73 Å². The maximum atomic E-state index is 10.8. The van der Waals surface area contributed by atoms with E-state index < -0.39 is 6.09 Å². The molecule has 0 saturated heterocycles. The van der Waals surface area contributed by atoms with Crippen LogP contribution in [0.4, 0.5) is 4.79 Å². The molecule has 1 amide bonds. The van der Waals surface area contributed by atoms with Crippen LogP contribution in [0.2, 0.25) is 5.02 Å². The zero-order valence-corrected chi connectivity index (χ0v) is 11.7. The first-order valence-corrected chi connectivity index (χ1v) is 6.45. The number of primary amides is 1. The van der Waals surface area contributed by atoms with E-state index in [0.29, 0.717) is 21.7 Å². The van der Waals surface area contributed by atoms with Gasteiger partial charge in [-0.05, 0) is 29.8 Å². The molecule has 5 heteroatoms. The summed E-state index contributed by atoms with van der Waals surface area (Å²) in [6, 6.07) is 11.8. The van der Waals surface area contributed by atoms with E-state index in [1.165, 1.54) is 0 Å². The van der Waals surface area contributed by atoms with Crippen LogP contribution in [-0.2, 0) is 6.61 Å². The van der Waals surface area contributed by atoms with Crippen LogP contribution in [0, 0.1) is 11.8 Å². The number of aliphatic hydroxyl groups excluding tert-OH is 1. The third-order valence-electron chi connectivity index (χ3n) is 2.67. The number of para-hydroxylation sites is 1. The monoisotopic (exact) mass is 301 g/mol. The molecule has 0 unspecified atom stereocenters. The van der Waals surface area contributed by atoms with E-state index in [9.17, 15) is 9.90 Å². The van der Waals surface area contributed by atoms with Gasteiger partial charge in [-0.15, -0.1) is 0 Å². The first-order valence-electron chi connectivity index (χ1n) is 6.08. The normalized spacial score (nSPS) is 9.62. The van der Waals surface area contributed by atoms with Crippen LogP contribution in [0.15, 0.2) is 42.5 Å². The number of amides is 1. The summed E-state index contributed by atoms with van der Waals surface area (Å²) in [4.78, 5) is 10.8. The Morgan fingerprint density at radius 2 is 1.90 bits per heavy atom. The number of nitrogens with two attached hydrogens (primary N) is 1. The lowest BCUT2D eigenvalue weighted by Crippen LogP contribution is -2.16. The molecule has 0 aliphatic rings. The van der Waals surface area contributed by atoms with Crippen molar-refractivity contribution in [3.8, 4) is 17.6 Å². The summed E-state index contributed by atoms with van der Waals surface area (Å²) in [6.45, 7) is -0.138. The molecule has 0 atom stereocenters. The molecular formula is C16H12ClNO3. The third-order valence-corrected chi connectivity index (χ3v) is 2.91. The topological polar surface area (TPSA) is 72.6 Å². The van der Waals surface area contributed by atoms with E-state index in [2.05, 4.69) is 11.8 Å². The van der Waals surface area contributed by atoms with Crippen LogP contribution in [0.25, 0.3) is 0 Å². The number of carbonyl (C=O) groups excluding carboxylic acids is 1. The molecule has 21 heavy (non-hydrogen) atoms. The lowest BCUT2D eigenvalue weighted by atomic mass is 10.1. The number of carbonyl (C=O) groups is 1. The van der Waals surface area contributed by atoms with Crippen molar-refractivity contribution in [1.29, 1.82) is 0 Å². The van der Waals surface area contributed by atoms with E-state index in [-0.39, 0.29) is 12.4 Å². The lowest BCUT2D eigenvalue weighted by molar-refractivity contribution is 0.210. The molecule has 0 spiro atoms. The molecule has 0 heterocycles. The highest BCUT2D eigenvalue weighted by Gasteiger charge is 2.04. The van der Waals surface area contributed by atoms with Crippen LogP contribution in [0.5, 0.6) is 5.75 Å². The van der Waals surface area contributed by atoms with Crippen molar-refractivity contribution < 1.29 is 14.6 Å². The minimum atomic E-state index is -0.900. The van der Waals surface area contributed by atoms with Gasteiger partial charge in [0.15, 0.2) is 0 Å². The van der Waals surface area contributed by atoms with Crippen molar-refractivity contribution in [3.63, 3.8) is 0 Å². The van der Waals surface area contributed by atoms with E-state index in [0.717, 1.165) is 0 Å². The molecule has 2 aromatic rings. The summed E-state index contributed by atoms with van der Waals surface area (Å²) in [5, 5.41) is 9.81. The van der Waals surface area contributed by atoms with Crippen molar-refractivity contribution in [3.05, 3.63) is 64.2 Å². The van der Waals surface area contributed by atoms with E-state index in [1.54, 1.807) is 42.5 Å². The van der Waals surface area contributed by atoms with Crippen molar-refractivity contribution in [2.45, 2.75) is 6.61 Å². The smallest absolute Gasteiger partial charge is 0.409 e. The summed E-state index contributed by atoms with van der Waals surface area (Å²) in [5.74, 6) is 6.08. The molecule has 0 aromatic heterocycles. The predicted octanol–water partition coefficient (Wildman–Crippen LogP) is 2.69. The number of hydrogen-bond donors (Lipinski definition) is 2. The van der Waals surface area contributed by atoms with Gasteiger partial charge in [0.2, 0.25) is 0 Å². The van der Waals surface area contributed by atoms with Gasteiger partial charge in [-0.1, -0.05) is 41.6 Å². The second-order valence-electron chi connectivity index (χ2n) is 4.13. The first kappa shape index (κ1) is 14.9. The van der Waals surface area contributed by atoms with Crippen LogP contribution in [0.1, 0.15) is 16.7 Å². The quantitative estimate of drug-likeness (QED) is 0.838. The maximum absolute atomic E-state index is 10.8. The average Bonchev–Trinajstić information content (AvgIpc) is 2.46. The third kappa shape index (κ3) is 3.99. The predicted molar refractivity (Wildman–Crippen MR) is 80.0 cm³/mol. The van der Waals surface area contributed by atoms with Crippen molar-refractivity contribution >= 4 is 17.7 Å². The van der Waals surface area contributed by atoms with Crippen LogP contribution < -0.4 is 10.5 Å². The van der Waals surface area contributed by atoms with Gasteiger partial charge in [0, 0.05) is 10.6 Å². The molecule has 2 rings (SSSR count). The highest BCUT2D eigenvalue weighted by molar-refractivity contribution is 6.30. The van der Waals surface area contributed by atoms with Gasteiger partial charge in [-0.3, -0.25) is 0 Å².